The van der Waals surface area contributed by atoms with Crippen molar-refractivity contribution in [2.45, 2.75) is 0 Å². The highest BCUT2D eigenvalue weighted by molar-refractivity contribution is 7.18. The first-order valence-corrected chi connectivity index (χ1v) is 7.29. The van der Waals surface area contributed by atoms with Crippen LogP contribution in [0.3, 0.4) is 0 Å². The average molecular weight is 314 g/mol. The average Bonchev–Trinajstić information content (AvgIpc) is 2.79. The van der Waals surface area contributed by atoms with Crippen molar-refractivity contribution in [3.8, 4) is 11.1 Å². The van der Waals surface area contributed by atoms with Gasteiger partial charge in [0.15, 0.2) is 0 Å². The Morgan fingerprint density at radius 2 is 1.56 bits per heavy atom. The third-order valence-corrected chi connectivity index (χ3v) is 4.97. The molecule has 1 aromatic heterocycles. The Bertz CT molecular complexity index is 714. The lowest BCUT2D eigenvalue weighted by Gasteiger charge is -2.01. The Morgan fingerprint density at radius 3 is 2.28 bits per heavy atom. The van der Waals surface area contributed by atoms with Crippen molar-refractivity contribution in [1.29, 1.82) is 0 Å². The van der Waals surface area contributed by atoms with Crippen LogP contribution < -0.4 is 0 Å². The molecule has 0 nitrogen and oxygen atoms in total. The van der Waals surface area contributed by atoms with Crippen LogP contribution >= 0.6 is 46.1 Å². The summed E-state index contributed by atoms with van der Waals surface area (Å²) in [6.07, 6.45) is 0. The monoisotopic (exact) mass is 312 g/mol. The first kappa shape index (κ1) is 12.3. The molecule has 0 saturated heterocycles. The molecule has 0 unspecified atom stereocenters. The lowest BCUT2D eigenvalue weighted by Crippen LogP contribution is -1.76. The smallest absolute Gasteiger partial charge is 0.0770 e. The van der Waals surface area contributed by atoms with Crippen molar-refractivity contribution in [2.75, 3.05) is 0 Å². The fraction of sp³-hybridized carbons (Fsp3) is 0. The summed E-state index contributed by atoms with van der Waals surface area (Å²) < 4.78 is 1.02. The molecule has 1 heterocycles. The maximum absolute atomic E-state index is 6.21. The van der Waals surface area contributed by atoms with Gasteiger partial charge in [0.05, 0.1) is 14.7 Å². The maximum atomic E-state index is 6.21. The standard InChI is InChI=1S/C14H7Cl3S/c15-9-3-1-8(2-4-9)11-7-18-14-10(11)5-6-12(16)13(14)17/h1-7H. The van der Waals surface area contributed by atoms with E-state index in [1.807, 2.05) is 36.4 Å². The second kappa shape index (κ2) is 4.75. The van der Waals surface area contributed by atoms with E-state index in [2.05, 4.69) is 5.38 Å². The van der Waals surface area contributed by atoms with E-state index in [1.165, 1.54) is 0 Å². The molecule has 0 aliphatic carbocycles. The summed E-state index contributed by atoms with van der Waals surface area (Å²) in [4.78, 5) is 0. The fourth-order valence-electron chi connectivity index (χ4n) is 1.89. The van der Waals surface area contributed by atoms with Crippen molar-refractivity contribution in [3.63, 3.8) is 0 Å². The van der Waals surface area contributed by atoms with E-state index in [0.29, 0.717) is 10.0 Å². The third kappa shape index (κ3) is 2.02. The quantitative estimate of drug-likeness (QED) is 0.479. The Labute approximate surface area is 124 Å². The zero-order chi connectivity index (χ0) is 12.7. The lowest BCUT2D eigenvalue weighted by atomic mass is 10.1. The van der Waals surface area contributed by atoms with Crippen molar-refractivity contribution in [3.05, 3.63) is 56.8 Å². The molecule has 3 aromatic rings. The van der Waals surface area contributed by atoms with Gasteiger partial charge in [0, 0.05) is 16.0 Å². The predicted octanol–water partition coefficient (Wildman–Crippen LogP) is 6.53. The van der Waals surface area contributed by atoms with Gasteiger partial charge in [-0.1, -0.05) is 53.0 Å². The molecule has 90 valence electrons. The Balaban J connectivity index is 2.25. The van der Waals surface area contributed by atoms with Crippen LogP contribution in [0.1, 0.15) is 0 Å². The highest BCUT2D eigenvalue weighted by atomic mass is 35.5. The molecule has 0 atom stereocenters. The van der Waals surface area contributed by atoms with Crippen LogP contribution in [0.15, 0.2) is 41.8 Å². The largest absolute Gasteiger partial charge is 0.142 e. The number of rotatable bonds is 1. The molecule has 18 heavy (non-hydrogen) atoms. The van der Waals surface area contributed by atoms with Crippen molar-refractivity contribution in [1.82, 2.24) is 0 Å². The molecule has 2 aromatic carbocycles. The molecule has 0 radical (unpaired) electrons. The number of benzene rings is 2. The van der Waals surface area contributed by atoms with Crippen molar-refractivity contribution >= 4 is 56.2 Å². The van der Waals surface area contributed by atoms with Gasteiger partial charge in [-0.15, -0.1) is 11.3 Å². The van der Waals surface area contributed by atoms with Gasteiger partial charge in [0.1, 0.15) is 0 Å². The van der Waals surface area contributed by atoms with Crippen LogP contribution in [-0.4, -0.2) is 0 Å². The molecule has 0 saturated carbocycles. The number of hydrogen-bond donors (Lipinski definition) is 0. The van der Waals surface area contributed by atoms with Gasteiger partial charge in [-0.3, -0.25) is 0 Å². The van der Waals surface area contributed by atoms with Crippen LogP contribution in [0.2, 0.25) is 15.1 Å². The van der Waals surface area contributed by atoms with Crippen LogP contribution in [0, 0.1) is 0 Å². The zero-order valence-corrected chi connectivity index (χ0v) is 12.2. The molecule has 0 amide bonds. The number of halogens is 3. The van der Waals surface area contributed by atoms with Crippen LogP contribution in [0.4, 0.5) is 0 Å². The number of fused-ring (bicyclic) bond motifs is 1. The van der Waals surface area contributed by atoms with Gasteiger partial charge in [0.2, 0.25) is 0 Å². The lowest BCUT2D eigenvalue weighted by molar-refractivity contribution is 1.68. The van der Waals surface area contributed by atoms with Crippen molar-refractivity contribution in [2.24, 2.45) is 0 Å². The molecule has 0 bridgehead atoms. The van der Waals surface area contributed by atoms with E-state index >= 15 is 0 Å². The van der Waals surface area contributed by atoms with Gasteiger partial charge in [0.25, 0.3) is 0 Å². The molecular formula is C14H7Cl3S. The van der Waals surface area contributed by atoms with Gasteiger partial charge in [-0.05, 0) is 29.1 Å². The molecule has 0 aliphatic rings. The molecule has 0 spiro atoms. The summed E-state index contributed by atoms with van der Waals surface area (Å²) in [7, 11) is 0. The van der Waals surface area contributed by atoms with Gasteiger partial charge < -0.3 is 0 Å². The number of thiophene rings is 1. The summed E-state index contributed by atoms with van der Waals surface area (Å²) in [5, 5.41) is 5.17. The summed E-state index contributed by atoms with van der Waals surface area (Å²) in [6, 6.07) is 11.6. The second-order valence-corrected chi connectivity index (χ2v) is 6.00. The maximum Gasteiger partial charge on any atom is 0.0770 e. The Kier molecular flexibility index (Phi) is 3.25. The van der Waals surface area contributed by atoms with E-state index in [0.717, 1.165) is 26.2 Å². The first-order chi connectivity index (χ1) is 8.66. The molecule has 0 fully saturated rings. The fourth-order valence-corrected chi connectivity index (χ4v) is 3.55. The topological polar surface area (TPSA) is 0 Å². The minimum Gasteiger partial charge on any atom is -0.142 e. The Morgan fingerprint density at radius 1 is 0.833 bits per heavy atom. The van der Waals surface area contributed by atoms with E-state index in [-0.39, 0.29) is 0 Å². The minimum atomic E-state index is 0.591. The van der Waals surface area contributed by atoms with Gasteiger partial charge in [-0.2, -0.15) is 0 Å². The van der Waals surface area contributed by atoms with E-state index in [4.69, 9.17) is 34.8 Å². The highest BCUT2D eigenvalue weighted by Crippen LogP contribution is 2.40. The molecule has 0 aliphatic heterocycles. The van der Waals surface area contributed by atoms with Crippen LogP contribution in [0.25, 0.3) is 21.2 Å². The third-order valence-electron chi connectivity index (χ3n) is 2.79. The molecular weight excluding hydrogens is 307 g/mol. The Hall–Kier alpha value is -0.730. The van der Waals surface area contributed by atoms with Crippen LogP contribution in [-0.2, 0) is 0 Å². The molecule has 4 heteroatoms. The zero-order valence-electron chi connectivity index (χ0n) is 9.08. The second-order valence-electron chi connectivity index (χ2n) is 3.89. The van der Waals surface area contributed by atoms with E-state index in [9.17, 15) is 0 Å². The summed E-state index contributed by atoms with van der Waals surface area (Å²) >= 11 is 19.7. The predicted molar refractivity (Wildman–Crippen MR) is 82.3 cm³/mol. The summed E-state index contributed by atoms with van der Waals surface area (Å²) in [5.74, 6) is 0. The van der Waals surface area contributed by atoms with Crippen LogP contribution in [0.5, 0.6) is 0 Å². The number of hydrogen-bond acceptors (Lipinski definition) is 1. The van der Waals surface area contributed by atoms with E-state index in [1.54, 1.807) is 11.3 Å². The summed E-state index contributed by atoms with van der Waals surface area (Å²) in [5.41, 5.74) is 2.29. The van der Waals surface area contributed by atoms with Gasteiger partial charge >= 0.3 is 0 Å². The molecule has 3 rings (SSSR count). The minimum absolute atomic E-state index is 0.591. The van der Waals surface area contributed by atoms with Gasteiger partial charge in [-0.25, -0.2) is 0 Å². The highest BCUT2D eigenvalue weighted by Gasteiger charge is 2.11. The summed E-state index contributed by atoms with van der Waals surface area (Å²) in [6.45, 7) is 0. The normalized spacial score (nSPS) is 11.1. The van der Waals surface area contributed by atoms with Crippen molar-refractivity contribution < 1.29 is 0 Å². The van der Waals surface area contributed by atoms with E-state index < -0.39 is 0 Å². The molecule has 0 N–H and O–H groups in total. The first-order valence-electron chi connectivity index (χ1n) is 5.28. The SMILES string of the molecule is Clc1ccc(-c2csc3c(Cl)c(Cl)ccc23)cc1.